The molecule has 6 nitrogen and oxygen atoms in total. The SMILES string of the molecule is CCCCC(N)C(=O)Nc1ccc([N+](=O)[O-])cc1C. The van der Waals surface area contributed by atoms with Crippen molar-refractivity contribution >= 4 is 17.3 Å². The van der Waals surface area contributed by atoms with Crippen molar-refractivity contribution in [2.45, 2.75) is 39.2 Å². The van der Waals surface area contributed by atoms with Crippen LogP contribution in [0.15, 0.2) is 18.2 Å². The molecular weight excluding hydrogens is 246 g/mol. The van der Waals surface area contributed by atoms with E-state index in [0.717, 1.165) is 12.8 Å². The Labute approximate surface area is 112 Å². The third-order valence-corrected chi connectivity index (χ3v) is 2.88. The minimum atomic E-state index is -0.547. The van der Waals surface area contributed by atoms with Crippen molar-refractivity contribution in [2.75, 3.05) is 5.32 Å². The molecular formula is C13H19N3O3. The number of nitrogens with two attached hydrogens (primary N) is 1. The van der Waals surface area contributed by atoms with Gasteiger partial charge in [0.2, 0.25) is 5.91 Å². The molecule has 0 aliphatic rings. The Morgan fingerprint density at radius 3 is 2.74 bits per heavy atom. The zero-order chi connectivity index (χ0) is 14.4. The highest BCUT2D eigenvalue weighted by Crippen LogP contribution is 2.21. The number of rotatable bonds is 6. The second-order valence-corrected chi connectivity index (χ2v) is 4.49. The van der Waals surface area contributed by atoms with Gasteiger partial charge in [-0.2, -0.15) is 0 Å². The largest absolute Gasteiger partial charge is 0.324 e. The van der Waals surface area contributed by atoms with Gasteiger partial charge in [0, 0.05) is 17.8 Å². The zero-order valence-corrected chi connectivity index (χ0v) is 11.2. The van der Waals surface area contributed by atoms with Crippen LogP contribution < -0.4 is 11.1 Å². The molecule has 0 radical (unpaired) electrons. The van der Waals surface area contributed by atoms with Gasteiger partial charge in [-0.15, -0.1) is 0 Å². The Morgan fingerprint density at radius 1 is 1.53 bits per heavy atom. The maximum absolute atomic E-state index is 11.8. The third-order valence-electron chi connectivity index (χ3n) is 2.88. The van der Waals surface area contributed by atoms with Crippen molar-refractivity contribution in [1.82, 2.24) is 0 Å². The van der Waals surface area contributed by atoms with E-state index in [1.165, 1.54) is 18.2 Å². The van der Waals surface area contributed by atoms with Crippen LogP contribution in [0.3, 0.4) is 0 Å². The van der Waals surface area contributed by atoms with Gasteiger partial charge < -0.3 is 11.1 Å². The molecule has 0 aliphatic carbocycles. The highest BCUT2D eigenvalue weighted by Gasteiger charge is 2.15. The van der Waals surface area contributed by atoms with Crippen molar-refractivity contribution in [3.05, 3.63) is 33.9 Å². The first kappa shape index (κ1) is 15.1. The van der Waals surface area contributed by atoms with Gasteiger partial charge in [0.25, 0.3) is 5.69 Å². The van der Waals surface area contributed by atoms with Gasteiger partial charge in [-0.05, 0) is 25.0 Å². The van der Waals surface area contributed by atoms with Crippen molar-refractivity contribution in [2.24, 2.45) is 5.73 Å². The predicted octanol–water partition coefficient (Wildman–Crippen LogP) is 2.36. The molecule has 3 N–H and O–H groups in total. The number of hydrogen-bond donors (Lipinski definition) is 2. The molecule has 104 valence electrons. The molecule has 1 aromatic rings. The van der Waals surface area contributed by atoms with Gasteiger partial charge in [-0.1, -0.05) is 19.8 Å². The van der Waals surface area contributed by atoms with Crippen LogP contribution in [0.2, 0.25) is 0 Å². The van der Waals surface area contributed by atoms with Gasteiger partial charge in [-0.25, -0.2) is 0 Å². The molecule has 1 amide bonds. The fraction of sp³-hybridized carbons (Fsp3) is 0.462. The summed E-state index contributed by atoms with van der Waals surface area (Å²) in [6.45, 7) is 3.74. The van der Waals surface area contributed by atoms with Crippen LogP contribution in [0.5, 0.6) is 0 Å². The summed E-state index contributed by atoms with van der Waals surface area (Å²) in [7, 11) is 0. The first-order chi connectivity index (χ1) is 8.95. The third kappa shape index (κ3) is 4.33. The summed E-state index contributed by atoms with van der Waals surface area (Å²) in [4.78, 5) is 22.0. The van der Waals surface area contributed by atoms with Crippen LogP contribution >= 0.6 is 0 Å². The number of anilines is 1. The number of benzene rings is 1. The fourth-order valence-electron chi connectivity index (χ4n) is 1.68. The number of carbonyl (C=O) groups is 1. The van der Waals surface area contributed by atoms with Gasteiger partial charge in [0.1, 0.15) is 0 Å². The summed E-state index contributed by atoms with van der Waals surface area (Å²) < 4.78 is 0. The van der Waals surface area contributed by atoms with E-state index in [1.54, 1.807) is 6.92 Å². The number of nitro benzene ring substituents is 1. The van der Waals surface area contributed by atoms with E-state index in [0.29, 0.717) is 17.7 Å². The molecule has 0 saturated carbocycles. The number of nitro groups is 1. The molecule has 0 heterocycles. The lowest BCUT2D eigenvalue weighted by Gasteiger charge is -2.13. The van der Waals surface area contributed by atoms with E-state index in [1.807, 2.05) is 6.92 Å². The number of nitrogens with one attached hydrogen (secondary N) is 1. The lowest BCUT2D eigenvalue weighted by atomic mass is 10.1. The number of aryl methyl sites for hydroxylation is 1. The van der Waals surface area contributed by atoms with Crippen LogP contribution in [-0.2, 0) is 4.79 Å². The minimum Gasteiger partial charge on any atom is -0.324 e. The maximum Gasteiger partial charge on any atom is 0.269 e. The van der Waals surface area contributed by atoms with Crippen molar-refractivity contribution in [3.63, 3.8) is 0 Å². The first-order valence-electron chi connectivity index (χ1n) is 6.27. The van der Waals surface area contributed by atoms with E-state index in [4.69, 9.17) is 5.73 Å². The molecule has 0 saturated heterocycles. The summed E-state index contributed by atoms with van der Waals surface area (Å²) in [6, 6.07) is 3.76. The van der Waals surface area contributed by atoms with E-state index in [2.05, 4.69) is 5.32 Å². The zero-order valence-electron chi connectivity index (χ0n) is 11.2. The van der Waals surface area contributed by atoms with E-state index in [9.17, 15) is 14.9 Å². The standard InChI is InChI=1S/C13H19N3O3/c1-3-4-5-11(14)13(17)15-12-7-6-10(16(18)19)8-9(12)2/h6-8,11H,3-5,14H2,1-2H3,(H,15,17). The summed E-state index contributed by atoms with van der Waals surface area (Å²) in [5.74, 6) is -0.259. The molecule has 1 aromatic carbocycles. The Hall–Kier alpha value is -1.95. The van der Waals surface area contributed by atoms with Crippen LogP contribution in [0.1, 0.15) is 31.7 Å². The Bertz CT molecular complexity index is 474. The topological polar surface area (TPSA) is 98.3 Å². The van der Waals surface area contributed by atoms with Gasteiger partial charge in [0.05, 0.1) is 11.0 Å². The fourth-order valence-corrected chi connectivity index (χ4v) is 1.68. The maximum atomic E-state index is 11.8. The number of hydrogen-bond acceptors (Lipinski definition) is 4. The van der Waals surface area contributed by atoms with Crippen LogP contribution in [0, 0.1) is 17.0 Å². The molecule has 0 fully saturated rings. The highest BCUT2D eigenvalue weighted by atomic mass is 16.6. The molecule has 1 atom stereocenters. The molecule has 1 rings (SSSR count). The number of amides is 1. The second kappa shape index (κ2) is 6.84. The number of nitrogens with zero attached hydrogens (tertiary/aromatic N) is 1. The quantitative estimate of drug-likeness (QED) is 0.609. The lowest BCUT2D eigenvalue weighted by Crippen LogP contribution is -2.35. The van der Waals surface area contributed by atoms with Gasteiger partial charge in [0.15, 0.2) is 0 Å². The molecule has 0 aromatic heterocycles. The van der Waals surface area contributed by atoms with E-state index < -0.39 is 11.0 Å². The number of unbranched alkanes of at least 4 members (excludes halogenated alkanes) is 1. The summed E-state index contributed by atoms with van der Waals surface area (Å²) in [5, 5.41) is 13.3. The molecule has 6 heteroatoms. The van der Waals surface area contributed by atoms with Crippen LogP contribution in [-0.4, -0.2) is 16.9 Å². The monoisotopic (exact) mass is 265 g/mol. The number of carbonyl (C=O) groups excluding carboxylic acids is 1. The molecule has 0 spiro atoms. The van der Waals surface area contributed by atoms with E-state index >= 15 is 0 Å². The molecule has 0 aliphatic heterocycles. The van der Waals surface area contributed by atoms with Gasteiger partial charge in [-0.3, -0.25) is 14.9 Å². The lowest BCUT2D eigenvalue weighted by molar-refractivity contribution is -0.384. The smallest absolute Gasteiger partial charge is 0.269 e. The normalized spacial score (nSPS) is 11.9. The molecule has 0 bridgehead atoms. The number of non-ortho nitro benzene ring substituents is 1. The van der Waals surface area contributed by atoms with Gasteiger partial charge >= 0.3 is 0 Å². The van der Waals surface area contributed by atoms with Crippen molar-refractivity contribution in [3.8, 4) is 0 Å². The first-order valence-corrected chi connectivity index (χ1v) is 6.27. The van der Waals surface area contributed by atoms with Crippen molar-refractivity contribution < 1.29 is 9.72 Å². The second-order valence-electron chi connectivity index (χ2n) is 4.49. The van der Waals surface area contributed by atoms with Crippen LogP contribution in [0.4, 0.5) is 11.4 Å². The molecule has 1 unspecified atom stereocenters. The summed E-state index contributed by atoms with van der Waals surface area (Å²) >= 11 is 0. The van der Waals surface area contributed by atoms with E-state index in [-0.39, 0.29) is 11.6 Å². The Kier molecular flexibility index (Phi) is 5.44. The highest BCUT2D eigenvalue weighted by molar-refractivity contribution is 5.95. The minimum absolute atomic E-state index is 0.00535. The average Bonchev–Trinajstić information content (AvgIpc) is 2.37. The van der Waals surface area contributed by atoms with Crippen molar-refractivity contribution in [1.29, 1.82) is 0 Å². The van der Waals surface area contributed by atoms with Crippen LogP contribution in [0.25, 0.3) is 0 Å². The summed E-state index contributed by atoms with van der Waals surface area (Å²) in [6.07, 6.45) is 2.51. The average molecular weight is 265 g/mol. The summed E-state index contributed by atoms with van der Waals surface area (Å²) in [5.41, 5.74) is 6.97. The molecule has 19 heavy (non-hydrogen) atoms. The Morgan fingerprint density at radius 2 is 2.21 bits per heavy atom. The Balaban J connectivity index is 2.72. The predicted molar refractivity (Wildman–Crippen MR) is 74.0 cm³/mol.